The Labute approximate surface area is 184 Å². The molecular weight excluding hydrogens is 402 g/mol. The number of rotatable bonds is 6. The Morgan fingerprint density at radius 2 is 1.69 bits per heavy atom. The quantitative estimate of drug-likeness (QED) is 0.450. The first kappa shape index (κ1) is 19.6. The third-order valence-electron chi connectivity index (χ3n) is 5.16. The van der Waals surface area contributed by atoms with Crippen LogP contribution in [-0.4, -0.2) is 35.4 Å². The molecule has 1 N–H and O–H groups in total. The Morgan fingerprint density at radius 3 is 2.47 bits per heavy atom. The van der Waals surface area contributed by atoms with E-state index in [4.69, 9.17) is 0 Å². The molecule has 2 aromatic carbocycles. The van der Waals surface area contributed by atoms with E-state index in [-0.39, 0.29) is 18.4 Å². The molecule has 0 spiro atoms. The van der Waals surface area contributed by atoms with E-state index in [0.29, 0.717) is 12.2 Å². The molecular formula is C24H21N7O. The van der Waals surface area contributed by atoms with Gasteiger partial charge in [-0.05, 0) is 29.7 Å². The number of hydrogen-bond donors (Lipinski definition) is 1. The first-order valence-corrected chi connectivity index (χ1v) is 10.3. The standard InChI is InChI=1S/C24H21N7O/c1-17-22-20(19-10-6-3-7-11-19)12-13-25-23(22)31(28-17)15-21(32)27-24-26-16-30(29-24)14-18-8-4-2-5-9-18/h2-13,16H,14-15H2,1H3,(H,27,29,32). The lowest BCUT2D eigenvalue weighted by molar-refractivity contribution is -0.116. The number of nitrogens with zero attached hydrogens (tertiary/aromatic N) is 6. The first-order chi connectivity index (χ1) is 15.7. The zero-order chi connectivity index (χ0) is 21.9. The molecule has 0 atom stereocenters. The summed E-state index contributed by atoms with van der Waals surface area (Å²) < 4.78 is 3.31. The second kappa shape index (κ2) is 8.43. The minimum Gasteiger partial charge on any atom is -0.292 e. The van der Waals surface area contributed by atoms with Crippen molar-refractivity contribution in [3.05, 3.63) is 90.5 Å². The van der Waals surface area contributed by atoms with E-state index in [1.54, 1.807) is 21.9 Å². The predicted molar refractivity (Wildman–Crippen MR) is 122 cm³/mol. The van der Waals surface area contributed by atoms with Crippen molar-refractivity contribution < 1.29 is 4.79 Å². The van der Waals surface area contributed by atoms with Gasteiger partial charge in [0.1, 0.15) is 12.9 Å². The fourth-order valence-electron chi connectivity index (χ4n) is 3.75. The number of nitrogens with one attached hydrogen (secondary N) is 1. The molecule has 0 bridgehead atoms. The van der Waals surface area contributed by atoms with Crippen LogP contribution in [0.3, 0.4) is 0 Å². The lowest BCUT2D eigenvalue weighted by Crippen LogP contribution is -2.20. The van der Waals surface area contributed by atoms with E-state index in [0.717, 1.165) is 27.8 Å². The van der Waals surface area contributed by atoms with Crippen molar-refractivity contribution in [3.8, 4) is 11.1 Å². The summed E-state index contributed by atoms with van der Waals surface area (Å²) in [6.45, 7) is 2.53. The van der Waals surface area contributed by atoms with Gasteiger partial charge in [-0.1, -0.05) is 60.7 Å². The van der Waals surface area contributed by atoms with Gasteiger partial charge < -0.3 is 0 Å². The zero-order valence-electron chi connectivity index (χ0n) is 17.5. The summed E-state index contributed by atoms with van der Waals surface area (Å²) in [4.78, 5) is 21.3. The minimum absolute atomic E-state index is 0.0167. The third-order valence-corrected chi connectivity index (χ3v) is 5.16. The number of carbonyl (C=O) groups excluding carboxylic acids is 1. The van der Waals surface area contributed by atoms with Crippen LogP contribution in [0.15, 0.2) is 79.3 Å². The molecule has 5 aromatic rings. The molecule has 1 amide bonds. The molecule has 0 radical (unpaired) electrons. The number of aromatic nitrogens is 6. The Kier molecular flexibility index (Phi) is 5.17. The smallest absolute Gasteiger partial charge is 0.248 e. The van der Waals surface area contributed by atoms with Gasteiger partial charge in [-0.2, -0.15) is 5.10 Å². The molecule has 0 aliphatic rings. The first-order valence-electron chi connectivity index (χ1n) is 10.3. The Balaban J connectivity index is 1.34. The maximum atomic E-state index is 12.7. The Bertz CT molecular complexity index is 1370. The summed E-state index contributed by atoms with van der Waals surface area (Å²) in [5.41, 5.74) is 4.72. The lowest BCUT2D eigenvalue weighted by Gasteiger charge is -2.05. The Morgan fingerprint density at radius 1 is 0.938 bits per heavy atom. The van der Waals surface area contributed by atoms with Crippen LogP contribution in [0, 0.1) is 6.92 Å². The highest BCUT2D eigenvalue weighted by Crippen LogP contribution is 2.29. The summed E-state index contributed by atoms with van der Waals surface area (Å²) in [7, 11) is 0. The van der Waals surface area contributed by atoms with Crippen molar-refractivity contribution in [1.29, 1.82) is 0 Å². The van der Waals surface area contributed by atoms with Crippen LogP contribution in [0.5, 0.6) is 0 Å². The van der Waals surface area contributed by atoms with Crippen LogP contribution in [0.2, 0.25) is 0 Å². The van der Waals surface area contributed by atoms with Crippen LogP contribution in [0.1, 0.15) is 11.3 Å². The molecule has 158 valence electrons. The van der Waals surface area contributed by atoms with Crippen molar-refractivity contribution in [2.75, 3.05) is 5.32 Å². The van der Waals surface area contributed by atoms with Crippen LogP contribution < -0.4 is 5.32 Å². The number of benzene rings is 2. The van der Waals surface area contributed by atoms with Gasteiger partial charge in [-0.25, -0.2) is 19.3 Å². The van der Waals surface area contributed by atoms with Gasteiger partial charge in [0.2, 0.25) is 11.9 Å². The highest BCUT2D eigenvalue weighted by atomic mass is 16.2. The number of pyridine rings is 1. The van der Waals surface area contributed by atoms with Crippen molar-refractivity contribution in [2.45, 2.75) is 20.0 Å². The molecule has 0 aliphatic heterocycles. The molecule has 0 aliphatic carbocycles. The highest BCUT2D eigenvalue weighted by molar-refractivity contribution is 5.96. The maximum Gasteiger partial charge on any atom is 0.248 e. The lowest BCUT2D eigenvalue weighted by atomic mass is 10.0. The third kappa shape index (κ3) is 3.98. The van der Waals surface area contributed by atoms with Crippen molar-refractivity contribution in [2.24, 2.45) is 0 Å². The van der Waals surface area contributed by atoms with Crippen LogP contribution in [0.25, 0.3) is 22.2 Å². The molecule has 32 heavy (non-hydrogen) atoms. The molecule has 0 unspecified atom stereocenters. The summed E-state index contributed by atoms with van der Waals surface area (Å²) in [6.07, 6.45) is 3.34. The topological polar surface area (TPSA) is 90.5 Å². The predicted octanol–water partition coefficient (Wildman–Crippen LogP) is 3.69. The molecule has 0 fully saturated rings. The van der Waals surface area contributed by atoms with Gasteiger partial charge in [-0.15, -0.1) is 5.10 Å². The van der Waals surface area contributed by atoms with Gasteiger partial charge in [0.25, 0.3) is 0 Å². The van der Waals surface area contributed by atoms with Crippen molar-refractivity contribution in [3.63, 3.8) is 0 Å². The summed E-state index contributed by atoms with van der Waals surface area (Å²) in [6, 6.07) is 22.0. The second-order valence-electron chi connectivity index (χ2n) is 7.47. The Hall–Kier alpha value is -4.33. The summed E-state index contributed by atoms with van der Waals surface area (Å²) in [5, 5.41) is 12.6. The largest absolute Gasteiger partial charge is 0.292 e. The fourth-order valence-corrected chi connectivity index (χ4v) is 3.75. The average molecular weight is 423 g/mol. The molecule has 0 saturated carbocycles. The monoisotopic (exact) mass is 423 g/mol. The molecule has 3 aromatic heterocycles. The van der Waals surface area contributed by atoms with Gasteiger partial charge in [0.05, 0.1) is 12.2 Å². The normalized spacial score (nSPS) is 11.0. The molecule has 3 heterocycles. The van der Waals surface area contributed by atoms with Gasteiger partial charge >= 0.3 is 0 Å². The van der Waals surface area contributed by atoms with E-state index < -0.39 is 0 Å². The van der Waals surface area contributed by atoms with Crippen molar-refractivity contribution >= 4 is 22.9 Å². The molecule has 0 saturated heterocycles. The minimum atomic E-state index is -0.265. The number of anilines is 1. The van der Waals surface area contributed by atoms with Gasteiger partial charge in [-0.3, -0.25) is 10.1 Å². The van der Waals surface area contributed by atoms with Crippen LogP contribution >= 0.6 is 0 Å². The SMILES string of the molecule is Cc1nn(CC(=O)Nc2ncn(Cc3ccccc3)n2)c2nccc(-c3ccccc3)c12. The van der Waals surface area contributed by atoms with Gasteiger partial charge in [0, 0.05) is 11.6 Å². The molecule has 8 heteroatoms. The van der Waals surface area contributed by atoms with E-state index in [1.807, 2.05) is 61.5 Å². The van der Waals surface area contributed by atoms with Crippen molar-refractivity contribution in [1.82, 2.24) is 29.5 Å². The van der Waals surface area contributed by atoms with E-state index in [9.17, 15) is 4.79 Å². The number of amides is 1. The highest BCUT2D eigenvalue weighted by Gasteiger charge is 2.16. The van der Waals surface area contributed by atoms with E-state index >= 15 is 0 Å². The number of aryl methyl sites for hydroxylation is 1. The zero-order valence-corrected chi connectivity index (χ0v) is 17.5. The van der Waals surface area contributed by atoms with Crippen LogP contribution in [-0.2, 0) is 17.9 Å². The number of hydrogen-bond acceptors (Lipinski definition) is 5. The number of fused-ring (bicyclic) bond motifs is 1. The number of carbonyl (C=O) groups is 1. The maximum absolute atomic E-state index is 12.7. The molecule has 8 nitrogen and oxygen atoms in total. The van der Waals surface area contributed by atoms with E-state index in [2.05, 4.69) is 37.6 Å². The summed E-state index contributed by atoms with van der Waals surface area (Å²) in [5.74, 6) is -0.00387. The second-order valence-corrected chi connectivity index (χ2v) is 7.47. The average Bonchev–Trinajstić information content (AvgIpc) is 3.38. The summed E-state index contributed by atoms with van der Waals surface area (Å²) >= 11 is 0. The molecule has 5 rings (SSSR count). The fraction of sp³-hybridized carbons (Fsp3) is 0.125. The van der Waals surface area contributed by atoms with Crippen LogP contribution in [0.4, 0.5) is 5.95 Å². The van der Waals surface area contributed by atoms with Gasteiger partial charge in [0.15, 0.2) is 5.65 Å². The van der Waals surface area contributed by atoms with E-state index in [1.165, 1.54) is 0 Å².